The summed E-state index contributed by atoms with van der Waals surface area (Å²) >= 11 is 0. The van der Waals surface area contributed by atoms with Crippen molar-refractivity contribution in [1.29, 1.82) is 0 Å². The summed E-state index contributed by atoms with van der Waals surface area (Å²) < 4.78 is 10.8. The topological polar surface area (TPSA) is 51.5 Å². The van der Waals surface area contributed by atoms with E-state index in [1.165, 1.54) is 0 Å². The number of aryl methyl sites for hydroxylation is 1. The first-order valence-corrected chi connectivity index (χ1v) is 6.67. The third-order valence-corrected chi connectivity index (χ3v) is 2.88. The minimum atomic E-state index is -0.252. The summed E-state index contributed by atoms with van der Waals surface area (Å²) in [6, 6.07) is 3.57. The van der Waals surface area contributed by atoms with Crippen LogP contribution in [0.4, 0.5) is 0 Å². The largest absolute Gasteiger partial charge is 0.464 e. The summed E-state index contributed by atoms with van der Waals surface area (Å²) in [5.74, 6) is 1.56. The zero-order valence-corrected chi connectivity index (χ0v) is 12.2. The van der Waals surface area contributed by atoms with Gasteiger partial charge in [-0.25, -0.2) is 0 Å². The number of ether oxygens (including phenoxy) is 1. The fourth-order valence-electron chi connectivity index (χ4n) is 1.80. The summed E-state index contributed by atoms with van der Waals surface area (Å²) in [6.45, 7) is 6.23. The second-order valence-corrected chi connectivity index (χ2v) is 4.43. The molecule has 0 unspecified atom stereocenters. The van der Waals surface area contributed by atoms with E-state index < -0.39 is 0 Å². The molecule has 1 heterocycles. The number of nitrogens with one attached hydrogen (secondary N) is 1. The highest BCUT2D eigenvalue weighted by Crippen LogP contribution is 2.18. The molecule has 0 radical (unpaired) electrons. The van der Waals surface area contributed by atoms with E-state index in [4.69, 9.17) is 9.15 Å². The summed E-state index contributed by atoms with van der Waals surface area (Å²) in [6.07, 6.45) is 3.58. The lowest BCUT2D eigenvalue weighted by molar-refractivity contribution is -0.118. The van der Waals surface area contributed by atoms with Gasteiger partial charge in [-0.3, -0.25) is 4.79 Å². The highest BCUT2D eigenvalue weighted by molar-refractivity contribution is 5.92. The standard InChI is InChI=1S/C15H23NO3/c1-5-7-11(3)15(17)16-13(10-18-4)14-9-8-12(6-2)19-14/h7-9,13H,5-6,10H2,1-4H3,(H,16,17)/b11-7-/t13-/m1/s1. The molecule has 106 valence electrons. The molecule has 0 saturated heterocycles. The SMILES string of the molecule is CC/C=C(/C)C(=O)N[C@H](COC)c1ccc(CC)o1. The molecule has 1 atom stereocenters. The van der Waals surface area contributed by atoms with Crippen LogP contribution in [0.2, 0.25) is 0 Å². The van der Waals surface area contributed by atoms with E-state index in [1.54, 1.807) is 7.11 Å². The molecule has 1 aromatic heterocycles. The first-order valence-electron chi connectivity index (χ1n) is 6.67. The normalized spacial score (nSPS) is 13.4. The number of hydrogen-bond acceptors (Lipinski definition) is 3. The highest BCUT2D eigenvalue weighted by Gasteiger charge is 2.18. The van der Waals surface area contributed by atoms with Gasteiger partial charge >= 0.3 is 0 Å². The Bertz CT molecular complexity index is 434. The average Bonchev–Trinajstić information content (AvgIpc) is 2.87. The first kappa shape index (κ1) is 15.5. The Kier molecular flexibility index (Phi) is 6.36. The number of hydrogen-bond donors (Lipinski definition) is 1. The number of allylic oxidation sites excluding steroid dienone is 1. The van der Waals surface area contributed by atoms with Gasteiger partial charge in [0.05, 0.1) is 6.61 Å². The molecule has 1 N–H and O–H groups in total. The molecule has 1 amide bonds. The van der Waals surface area contributed by atoms with Crippen LogP contribution in [0, 0.1) is 0 Å². The minimum absolute atomic E-state index is 0.0849. The number of carbonyl (C=O) groups is 1. The van der Waals surface area contributed by atoms with Gasteiger partial charge < -0.3 is 14.5 Å². The molecule has 0 aromatic carbocycles. The lowest BCUT2D eigenvalue weighted by atomic mass is 10.2. The average molecular weight is 265 g/mol. The van der Waals surface area contributed by atoms with E-state index in [2.05, 4.69) is 5.32 Å². The van der Waals surface area contributed by atoms with Gasteiger partial charge in [0.25, 0.3) is 0 Å². The molecule has 1 rings (SSSR count). The van der Waals surface area contributed by atoms with Crippen LogP contribution in [0.1, 0.15) is 44.8 Å². The molecule has 0 spiro atoms. The molecule has 4 heteroatoms. The van der Waals surface area contributed by atoms with Gasteiger partial charge in [-0.1, -0.05) is 19.9 Å². The molecule has 0 aliphatic rings. The molecule has 0 bridgehead atoms. The van der Waals surface area contributed by atoms with Crippen molar-refractivity contribution in [2.24, 2.45) is 0 Å². The van der Waals surface area contributed by atoms with Gasteiger partial charge in [0.15, 0.2) is 0 Å². The Hall–Kier alpha value is -1.55. The third kappa shape index (κ3) is 4.56. The maximum absolute atomic E-state index is 12.0. The highest BCUT2D eigenvalue weighted by atomic mass is 16.5. The van der Waals surface area contributed by atoms with Gasteiger partial charge in [0, 0.05) is 19.1 Å². The zero-order valence-electron chi connectivity index (χ0n) is 12.2. The van der Waals surface area contributed by atoms with Crippen molar-refractivity contribution in [3.05, 3.63) is 35.3 Å². The Morgan fingerprint density at radius 2 is 2.21 bits per heavy atom. The van der Waals surface area contributed by atoms with E-state index in [0.717, 1.165) is 24.4 Å². The first-order chi connectivity index (χ1) is 9.12. The maximum Gasteiger partial charge on any atom is 0.247 e. The summed E-state index contributed by atoms with van der Waals surface area (Å²) in [5.41, 5.74) is 0.714. The third-order valence-electron chi connectivity index (χ3n) is 2.88. The van der Waals surface area contributed by atoms with Crippen LogP contribution in [0.25, 0.3) is 0 Å². The summed E-state index contributed by atoms with van der Waals surface area (Å²) in [5, 5.41) is 2.93. The molecule has 0 fully saturated rings. The lowest BCUT2D eigenvalue weighted by Gasteiger charge is -2.16. The van der Waals surface area contributed by atoms with E-state index in [9.17, 15) is 4.79 Å². The van der Waals surface area contributed by atoms with E-state index in [-0.39, 0.29) is 11.9 Å². The van der Waals surface area contributed by atoms with Crippen molar-refractivity contribution in [2.45, 2.75) is 39.7 Å². The second kappa shape index (κ2) is 7.79. The van der Waals surface area contributed by atoms with Crippen molar-refractivity contribution in [3.63, 3.8) is 0 Å². The number of methoxy groups -OCH3 is 1. The number of carbonyl (C=O) groups excluding carboxylic acids is 1. The summed E-state index contributed by atoms with van der Waals surface area (Å²) in [4.78, 5) is 12.0. The van der Waals surface area contributed by atoms with Crippen LogP contribution < -0.4 is 5.32 Å². The van der Waals surface area contributed by atoms with Crippen molar-refractivity contribution in [1.82, 2.24) is 5.32 Å². The lowest BCUT2D eigenvalue weighted by Crippen LogP contribution is -2.31. The van der Waals surface area contributed by atoms with E-state index in [0.29, 0.717) is 12.2 Å². The van der Waals surface area contributed by atoms with Crippen LogP contribution in [-0.2, 0) is 16.0 Å². The van der Waals surface area contributed by atoms with E-state index in [1.807, 2.05) is 39.0 Å². The van der Waals surface area contributed by atoms with Crippen molar-refractivity contribution < 1.29 is 13.9 Å². The predicted octanol–water partition coefficient (Wildman–Crippen LogP) is 3.00. The molecule has 0 saturated carbocycles. The molecular weight excluding hydrogens is 242 g/mol. The van der Waals surface area contributed by atoms with Crippen molar-refractivity contribution in [3.8, 4) is 0 Å². The quantitative estimate of drug-likeness (QED) is 0.771. The van der Waals surface area contributed by atoms with Crippen molar-refractivity contribution in [2.75, 3.05) is 13.7 Å². The number of furan rings is 1. The second-order valence-electron chi connectivity index (χ2n) is 4.43. The molecular formula is C15H23NO3. The Morgan fingerprint density at radius 3 is 2.74 bits per heavy atom. The monoisotopic (exact) mass is 265 g/mol. The zero-order chi connectivity index (χ0) is 14.3. The van der Waals surface area contributed by atoms with Crippen LogP contribution in [0.3, 0.4) is 0 Å². The van der Waals surface area contributed by atoms with Crippen molar-refractivity contribution >= 4 is 5.91 Å². The Balaban J connectivity index is 2.77. The van der Waals surface area contributed by atoms with Gasteiger partial charge in [0.1, 0.15) is 17.6 Å². The predicted molar refractivity (Wildman–Crippen MR) is 74.9 cm³/mol. The smallest absolute Gasteiger partial charge is 0.247 e. The molecule has 4 nitrogen and oxygen atoms in total. The fourth-order valence-corrected chi connectivity index (χ4v) is 1.80. The number of amides is 1. The van der Waals surface area contributed by atoms with Crippen LogP contribution in [0.15, 0.2) is 28.2 Å². The molecule has 1 aromatic rings. The molecule has 0 aliphatic carbocycles. The summed E-state index contributed by atoms with van der Waals surface area (Å²) in [7, 11) is 1.61. The van der Waals surface area contributed by atoms with E-state index >= 15 is 0 Å². The number of rotatable bonds is 7. The van der Waals surface area contributed by atoms with Crippen LogP contribution >= 0.6 is 0 Å². The van der Waals surface area contributed by atoms with Gasteiger partial charge in [0.2, 0.25) is 5.91 Å². The van der Waals surface area contributed by atoms with Gasteiger partial charge in [-0.15, -0.1) is 0 Å². The Morgan fingerprint density at radius 1 is 1.47 bits per heavy atom. The molecule has 19 heavy (non-hydrogen) atoms. The van der Waals surface area contributed by atoms with Crippen LogP contribution in [0.5, 0.6) is 0 Å². The van der Waals surface area contributed by atoms with Crippen LogP contribution in [-0.4, -0.2) is 19.6 Å². The fraction of sp³-hybridized carbons (Fsp3) is 0.533. The van der Waals surface area contributed by atoms with Gasteiger partial charge in [-0.2, -0.15) is 0 Å². The van der Waals surface area contributed by atoms with Gasteiger partial charge in [-0.05, 0) is 25.5 Å². The molecule has 0 aliphatic heterocycles. The minimum Gasteiger partial charge on any atom is -0.464 e. The Labute approximate surface area is 114 Å². The maximum atomic E-state index is 12.0.